The third kappa shape index (κ3) is 4.18. The zero-order valence-corrected chi connectivity index (χ0v) is 16.0. The van der Waals surface area contributed by atoms with Gasteiger partial charge in [0.05, 0.1) is 23.1 Å². The van der Waals surface area contributed by atoms with Crippen molar-refractivity contribution in [2.75, 3.05) is 5.32 Å². The number of benzene rings is 2. The number of amides is 2. The lowest BCUT2D eigenvalue weighted by atomic mass is 10.1. The number of carbonyl (C=O) groups excluding carboxylic acids is 2. The minimum absolute atomic E-state index is 0.0979. The van der Waals surface area contributed by atoms with E-state index >= 15 is 0 Å². The predicted molar refractivity (Wildman–Crippen MR) is 108 cm³/mol. The molecule has 0 spiro atoms. The van der Waals surface area contributed by atoms with Crippen molar-refractivity contribution >= 4 is 17.5 Å². The van der Waals surface area contributed by atoms with E-state index in [-0.39, 0.29) is 17.6 Å². The SMILES string of the molecule is CCc1c(C(=O)Nc2ccc(C(=O)NC3CC3)cc2)cnn1-c1ccc(F)cc1. The summed E-state index contributed by atoms with van der Waals surface area (Å²) in [5.74, 6) is -0.712. The second kappa shape index (κ2) is 7.87. The number of aromatic nitrogens is 2. The highest BCUT2D eigenvalue weighted by Crippen LogP contribution is 2.21. The lowest BCUT2D eigenvalue weighted by Crippen LogP contribution is -2.25. The van der Waals surface area contributed by atoms with Crippen molar-refractivity contribution in [3.8, 4) is 5.69 Å². The molecule has 148 valence electrons. The summed E-state index contributed by atoms with van der Waals surface area (Å²) in [4.78, 5) is 24.8. The van der Waals surface area contributed by atoms with Crippen molar-refractivity contribution in [3.63, 3.8) is 0 Å². The van der Waals surface area contributed by atoms with Gasteiger partial charge in [0.1, 0.15) is 5.82 Å². The fourth-order valence-corrected chi connectivity index (χ4v) is 3.11. The molecular formula is C22H21FN4O2. The van der Waals surface area contributed by atoms with Crippen LogP contribution in [0, 0.1) is 5.82 Å². The quantitative estimate of drug-likeness (QED) is 0.671. The number of anilines is 1. The Morgan fingerprint density at radius 3 is 2.38 bits per heavy atom. The second-order valence-electron chi connectivity index (χ2n) is 7.03. The molecule has 0 radical (unpaired) electrons. The van der Waals surface area contributed by atoms with E-state index in [9.17, 15) is 14.0 Å². The largest absolute Gasteiger partial charge is 0.349 e. The molecule has 1 aliphatic carbocycles. The monoisotopic (exact) mass is 392 g/mol. The molecule has 0 atom stereocenters. The minimum atomic E-state index is -0.328. The first-order valence-electron chi connectivity index (χ1n) is 9.60. The molecule has 1 fully saturated rings. The molecule has 0 bridgehead atoms. The second-order valence-corrected chi connectivity index (χ2v) is 7.03. The van der Waals surface area contributed by atoms with Crippen LogP contribution in [0.3, 0.4) is 0 Å². The maximum atomic E-state index is 13.2. The molecule has 6 nitrogen and oxygen atoms in total. The average molecular weight is 392 g/mol. The van der Waals surface area contributed by atoms with Gasteiger partial charge in [0.2, 0.25) is 0 Å². The van der Waals surface area contributed by atoms with E-state index in [1.165, 1.54) is 18.3 Å². The maximum Gasteiger partial charge on any atom is 0.259 e. The minimum Gasteiger partial charge on any atom is -0.349 e. The third-order valence-corrected chi connectivity index (χ3v) is 4.84. The van der Waals surface area contributed by atoms with Gasteiger partial charge in [-0.25, -0.2) is 9.07 Å². The Morgan fingerprint density at radius 2 is 1.76 bits per heavy atom. The van der Waals surface area contributed by atoms with E-state index in [1.54, 1.807) is 41.1 Å². The molecule has 0 aliphatic heterocycles. The molecule has 4 rings (SSSR count). The van der Waals surface area contributed by atoms with Crippen LogP contribution in [-0.4, -0.2) is 27.6 Å². The van der Waals surface area contributed by atoms with E-state index < -0.39 is 0 Å². The fourth-order valence-electron chi connectivity index (χ4n) is 3.11. The van der Waals surface area contributed by atoms with E-state index in [1.807, 2.05) is 6.92 Å². The van der Waals surface area contributed by atoms with Crippen LogP contribution in [0.2, 0.25) is 0 Å². The molecule has 0 unspecified atom stereocenters. The summed E-state index contributed by atoms with van der Waals surface area (Å²) < 4.78 is 14.8. The van der Waals surface area contributed by atoms with Crippen molar-refractivity contribution in [1.82, 2.24) is 15.1 Å². The van der Waals surface area contributed by atoms with Gasteiger partial charge in [0.25, 0.3) is 11.8 Å². The van der Waals surface area contributed by atoms with E-state index in [0.29, 0.717) is 35.0 Å². The Morgan fingerprint density at radius 1 is 1.07 bits per heavy atom. The zero-order valence-electron chi connectivity index (χ0n) is 16.0. The van der Waals surface area contributed by atoms with Crippen molar-refractivity contribution < 1.29 is 14.0 Å². The number of nitrogens with zero attached hydrogens (tertiary/aromatic N) is 2. The number of rotatable bonds is 6. The van der Waals surface area contributed by atoms with E-state index in [0.717, 1.165) is 18.5 Å². The Kier molecular flexibility index (Phi) is 5.12. The smallest absolute Gasteiger partial charge is 0.259 e. The Bertz CT molecular complexity index is 1040. The lowest BCUT2D eigenvalue weighted by molar-refractivity contribution is 0.0950. The summed E-state index contributed by atoms with van der Waals surface area (Å²) in [7, 11) is 0. The van der Waals surface area contributed by atoms with Crippen LogP contribution in [0.15, 0.2) is 54.7 Å². The van der Waals surface area contributed by atoms with Crippen LogP contribution in [0.4, 0.5) is 10.1 Å². The van der Waals surface area contributed by atoms with Crippen LogP contribution >= 0.6 is 0 Å². The van der Waals surface area contributed by atoms with Crippen LogP contribution in [0.5, 0.6) is 0 Å². The van der Waals surface area contributed by atoms with Gasteiger partial charge in [-0.15, -0.1) is 0 Å². The normalized spacial score (nSPS) is 13.2. The summed E-state index contributed by atoms with van der Waals surface area (Å²) >= 11 is 0. The summed E-state index contributed by atoms with van der Waals surface area (Å²) in [6.07, 6.45) is 4.16. The molecule has 1 aliphatic rings. The van der Waals surface area contributed by atoms with E-state index in [2.05, 4.69) is 15.7 Å². The Balaban J connectivity index is 1.49. The molecule has 29 heavy (non-hydrogen) atoms. The van der Waals surface area contributed by atoms with Gasteiger partial charge in [0, 0.05) is 17.3 Å². The van der Waals surface area contributed by atoms with Gasteiger partial charge in [-0.2, -0.15) is 5.10 Å². The van der Waals surface area contributed by atoms with Crippen LogP contribution in [0.25, 0.3) is 5.69 Å². The summed E-state index contributed by atoms with van der Waals surface area (Å²) in [5.41, 5.74) is 3.03. The van der Waals surface area contributed by atoms with Gasteiger partial charge >= 0.3 is 0 Å². The number of halogens is 1. The highest BCUT2D eigenvalue weighted by molar-refractivity contribution is 6.05. The number of carbonyl (C=O) groups is 2. The highest BCUT2D eigenvalue weighted by atomic mass is 19.1. The van der Waals surface area contributed by atoms with Crippen LogP contribution in [0.1, 0.15) is 46.2 Å². The first kappa shape index (κ1) is 18.9. The zero-order chi connectivity index (χ0) is 20.4. The van der Waals surface area contributed by atoms with E-state index in [4.69, 9.17) is 0 Å². The summed E-state index contributed by atoms with van der Waals surface area (Å²) in [5, 5.41) is 10.1. The standard InChI is InChI=1S/C22H21FN4O2/c1-2-20-19(13-24-27(20)18-11-5-15(23)6-12-18)22(29)26-16-7-3-14(4-8-16)21(28)25-17-9-10-17/h3-8,11-13,17H,2,9-10H2,1H3,(H,25,28)(H,26,29). The first-order valence-corrected chi connectivity index (χ1v) is 9.60. The predicted octanol–water partition coefficient (Wildman–Crippen LogP) is 3.72. The molecule has 1 aromatic heterocycles. The molecule has 1 heterocycles. The van der Waals surface area contributed by atoms with Gasteiger partial charge in [-0.1, -0.05) is 6.92 Å². The van der Waals surface area contributed by atoms with Crippen molar-refractivity contribution in [2.24, 2.45) is 0 Å². The molecule has 1 saturated carbocycles. The Labute approximate surface area is 167 Å². The first-order chi connectivity index (χ1) is 14.0. The number of hydrogen-bond donors (Lipinski definition) is 2. The van der Waals surface area contributed by atoms with Gasteiger partial charge in [-0.3, -0.25) is 9.59 Å². The third-order valence-electron chi connectivity index (χ3n) is 4.84. The fraction of sp³-hybridized carbons (Fsp3) is 0.227. The lowest BCUT2D eigenvalue weighted by Gasteiger charge is -2.09. The molecule has 0 saturated heterocycles. The van der Waals surface area contributed by atoms with Crippen LogP contribution < -0.4 is 10.6 Å². The van der Waals surface area contributed by atoms with Crippen molar-refractivity contribution in [3.05, 3.63) is 77.4 Å². The molecular weight excluding hydrogens is 371 g/mol. The van der Waals surface area contributed by atoms with Crippen molar-refractivity contribution in [1.29, 1.82) is 0 Å². The molecule has 3 aromatic rings. The van der Waals surface area contributed by atoms with Gasteiger partial charge < -0.3 is 10.6 Å². The molecule has 7 heteroatoms. The van der Waals surface area contributed by atoms with Crippen LogP contribution in [-0.2, 0) is 6.42 Å². The Hall–Kier alpha value is -3.48. The number of hydrogen-bond acceptors (Lipinski definition) is 3. The van der Waals surface area contributed by atoms with Gasteiger partial charge in [-0.05, 0) is 67.8 Å². The van der Waals surface area contributed by atoms with Crippen molar-refractivity contribution in [2.45, 2.75) is 32.2 Å². The maximum absolute atomic E-state index is 13.2. The molecule has 2 aromatic carbocycles. The molecule has 2 amide bonds. The molecule has 2 N–H and O–H groups in total. The summed E-state index contributed by atoms with van der Waals surface area (Å²) in [6.45, 7) is 1.93. The van der Waals surface area contributed by atoms with Gasteiger partial charge in [0.15, 0.2) is 0 Å². The number of nitrogens with one attached hydrogen (secondary N) is 2. The summed E-state index contributed by atoms with van der Waals surface area (Å²) in [6, 6.07) is 13.0. The average Bonchev–Trinajstić information content (AvgIpc) is 3.43. The highest BCUT2D eigenvalue weighted by Gasteiger charge is 2.23. The topological polar surface area (TPSA) is 76.0 Å².